The molecular formula is C16H29N. The van der Waals surface area contributed by atoms with Crippen LogP contribution >= 0.6 is 0 Å². The molecule has 0 amide bonds. The number of rotatable bonds is 7. The maximum atomic E-state index is 3.82. The third-order valence-corrected chi connectivity index (χ3v) is 5.29. The number of fused-ring (bicyclic) bond motifs is 1. The van der Waals surface area contributed by atoms with Gasteiger partial charge in [0.25, 0.3) is 0 Å². The van der Waals surface area contributed by atoms with Gasteiger partial charge in [-0.1, -0.05) is 26.7 Å². The molecular weight excluding hydrogens is 206 g/mol. The van der Waals surface area contributed by atoms with Crippen LogP contribution in [-0.4, -0.2) is 12.6 Å². The van der Waals surface area contributed by atoms with Crippen LogP contribution in [0.4, 0.5) is 0 Å². The van der Waals surface area contributed by atoms with Gasteiger partial charge in [-0.05, 0) is 61.7 Å². The van der Waals surface area contributed by atoms with E-state index in [1.54, 1.807) is 19.3 Å². The second-order valence-electron chi connectivity index (χ2n) is 7.61. The zero-order chi connectivity index (χ0) is 11.9. The van der Waals surface area contributed by atoms with Crippen molar-refractivity contribution < 1.29 is 0 Å². The molecule has 3 rings (SSSR count). The maximum Gasteiger partial charge on any atom is 0.00684 e. The van der Waals surface area contributed by atoms with Gasteiger partial charge in [0.05, 0.1) is 0 Å². The monoisotopic (exact) mass is 235 g/mol. The second-order valence-corrected chi connectivity index (χ2v) is 7.61. The van der Waals surface area contributed by atoms with Crippen molar-refractivity contribution >= 4 is 0 Å². The molecule has 3 aliphatic rings. The Morgan fingerprint density at radius 1 is 1.18 bits per heavy atom. The van der Waals surface area contributed by atoms with Crippen LogP contribution in [0.5, 0.6) is 0 Å². The Morgan fingerprint density at radius 2 is 1.88 bits per heavy atom. The van der Waals surface area contributed by atoms with Gasteiger partial charge in [-0.15, -0.1) is 0 Å². The fourth-order valence-corrected chi connectivity index (χ4v) is 3.98. The van der Waals surface area contributed by atoms with Crippen molar-refractivity contribution in [1.29, 1.82) is 0 Å². The lowest BCUT2D eigenvalue weighted by Crippen LogP contribution is -2.34. The SMILES string of the molecule is CC(C)CCCC1(CNC2CC2)CC2CC2C1. The largest absolute Gasteiger partial charge is 0.313 e. The minimum Gasteiger partial charge on any atom is -0.313 e. The molecule has 0 aromatic rings. The molecule has 3 fully saturated rings. The minimum atomic E-state index is 0.713. The van der Waals surface area contributed by atoms with Crippen molar-refractivity contribution in [2.24, 2.45) is 23.2 Å². The first-order chi connectivity index (χ1) is 8.17. The quantitative estimate of drug-likeness (QED) is 0.704. The van der Waals surface area contributed by atoms with Gasteiger partial charge in [0.15, 0.2) is 0 Å². The van der Waals surface area contributed by atoms with E-state index >= 15 is 0 Å². The number of nitrogens with one attached hydrogen (secondary N) is 1. The van der Waals surface area contributed by atoms with E-state index in [1.165, 1.54) is 38.6 Å². The maximum absolute atomic E-state index is 3.82. The standard InChI is InChI=1S/C16H29N/c1-12(2)4-3-7-16(11-17-15-5-6-15)9-13-8-14(13)10-16/h12-15,17H,3-11H2,1-2H3. The van der Waals surface area contributed by atoms with Crippen LogP contribution in [0, 0.1) is 23.2 Å². The molecule has 0 aromatic carbocycles. The van der Waals surface area contributed by atoms with Crippen molar-refractivity contribution in [3.05, 3.63) is 0 Å². The van der Waals surface area contributed by atoms with Crippen LogP contribution in [-0.2, 0) is 0 Å². The van der Waals surface area contributed by atoms with E-state index in [0.717, 1.165) is 23.8 Å². The van der Waals surface area contributed by atoms with E-state index < -0.39 is 0 Å². The van der Waals surface area contributed by atoms with Crippen LogP contribution in [0.25, 0.3) is 0 Å². The van der Waals surface area contributed by atoms with Gasteiger partial charge in [0.2, 0.25) is 0 Å². The van der Waals surface area contributed by atoms with E-state index in [2.05, 4.69) is 19.2 Å². The highest BCUT2D eigenvalue weighted by atomic mass is 15.0. The van der Waals surface area contributed by atoms with Crippen molar-refractivity contribution in [1.82, 2.24) is 5.32 Å². The summed E-state index contributed by atoms with van der Waals surface area (Å²) in [4.78, 5) is 0. The lowest BCUT2D eigenvalue weighted by Gasteiger charge is -2.32. The van der Waals surface area contributed by atoms with Gasteiger partial charge < -0.3 is 5.32 Å². The van der Waals surface area contributed by atoms with Crippen LogP contribution in [0.1, 0.15) is 65.2 Å². The van der Waals surface area contributed by atoms with Gasteiger partial charge in [-0.3, -0.25) is 0 Å². The first-order valence-electron chi connectivity index (χ1n) is 7.90. The zero-order valence-corrected chi connectivity index (χ0v) is 11.7. The Morgan fingerprint density at radius 3 is 2.47 bits per heavy atom. The van der Waals surface area contributed by atoms with E-state index in [1.807, 2.05) is 0 Å². The fraction of sp³-hybridized carbons (Fsp3) is 1.00. The summed E-state index contributed by atoms with van der Waals surface area (Å²) in [5.74, 6) is 3.16. The van der Waals surface area contributed by atoms with Crippen molar-refractivity contribution in [3.8, 4) is 0 Å². The predicted molar refractivity (Wildman–Crippen MR) is 73.0 cm³/mol. The normalized spacial score (nSPS) is 39.7. The van der Waals surface area contributed by atoms with Gasteiger partial charge in [-0.25, -0.2) is 0 Å². The third kappa shape index (κ3) is 3.05. The van der Waals surface area contributed by atoms with E-state index in [0.29, 0.717) is 5.41 Å². The smallest absolute Gasteiger partial charge is 0.00684 e. The summed E-state index contributed by atoms with van der Waals surface area (Å²) >= 11 is 0. The molecule has 0 saturated heterocycles. The summed E-state index contributed by atoms with van der Waals surface area (Å²) in [5, 5.41) is 3.82. The number of hydrogen-bond donors (Lipinski definition) is 1. The molecule has 2 atom stereocenters. The highest BCUT2D eigenvalue weighted by Gasteiger charge is 2.53. The summed E-state index contributed by atoms with van der Waals surface area (Å²) in [6.07, 6.45) is 11.9. The lowest BCUT2D eigenvalue weighted by molar-refractivity contribution is 0.218. The molecule has 1 heteroatoms. The van der Waals surface area contributed by atoms with Gasteiger partial charge in [0, 0.05) is 12.6 Å². The Balaban J connectivity index is 1.48. The topological polar surface area (TPSA) is 12.0 Å². The average molecular weight is 235 g/mol. The summed E-state index contributed by atoms with van der Waals surface area (Å²) in [6, 6.07) is 0.897. The molecule has 0 spiro atoms. The molecule has 0 radical (unpaired) electrons. The van der Waals surface area contributed by atoms with Gasteiger partial charge >= 0.3 is 0 Å². The van der Waals surface area contributed by atoms with E-state index in [9.17, 15) is 0 Å². The minimum absolute atomic E-state index is 0.713. The first kappa shape index (κ1) is 12.0. The lowest BCUT2D eigenvalue weighted by atomic mass is 9.77. The molecule has 2 unspecified atom stereocenters. The van der Waals surface area contributed by atoms with Crippen LogP contribution in [0.3, 0.4) is 0 Å². The van der Waals surface area contributed by atoms with Crippen LogP contribution in [0.15, 0.2) is 0 Å². The molecule has 1 N–H and O–H groups in total. The molecule has 98 valence electrons. The molecule has 0 bridgehead atoms. The summed E-state index contributed by atoms with van der Waals surface area (Å²) in [5.41, 5.74) is 0.713. The summed E-state index contributed by atoms with van der Waals surface area (Å²) in [6.45, 7) is 6.06. The number of hydrogen-bond acceptors (Lipinski definition) is 1. The summed E-state index contributed by atoms with van der Waals surface area (Å²) < 4.78 is 0. The van der Waals surface area contributed by atoms with Crippen LogP contribution < -0.4 is 5.32 Å². The highest BCUT2D eigenvalue weighted by molar-refractivity contribution is 5.04. The Hall–Kier alpha value is -0.0400. The fourth-order valence-electron chi connectivity index (χ4n) is 3.98. The van der Waals surface area contributed by atoms with E-state index in [4.69, 9.17) is 0 Å². The molecule has 0 aromatic heterocycles. The van der Waals surface area contributed by atoms with Crippen molar-refractivity contribution in [3.63, 3.8) is 0 Å². The molecule has 0 heterocycles. The van der Waals surface area contributed by atoms with E-state index in [-0.39, 0.29) is 0 Å². The first-order valence-corrected chi connectivity index (χ1v) is 7.90. The molecule has 1 nitrogen and oxygen atoms in total. The van der Waals surface area contributed by atoms with Crippen LogP contribution in [0.2, 0.25) is 0 Å². The Bertz CT molecular complexity index is 257. The second kappa shape index (κ2) is 4.57. The molecule has 0 aliphatic heterocycles. The molecule has 17 heavy (non-hydrogen) atoms. The van der Waals surface area contributed by atoms with Crippen molar-refractivity contribution in [2.75, 3.05) is 6.54 Å². The average Bonchev–Trinajstić information content (AvgIpc) is 3.17. The Labute approximate surface area is 107 Å². The van der Waals surface area contributed by atoms with Crippen molar-refractivity contribution in [2.45, 2.75) is 71.3 Å². The predicted octanol–water partition coefficient (Wildman–Crippen LogP) is 3.98. The highest BCUT2D eigenvalue weighted by Crippen LogP contribution is 2.61. The molecule has 3 saturated carbocycles. The van der Waals surface area contributed by atoms with Gasteiger partial charge in [0.1, 0.15) is 0 Å². The molecule has 3 aliphatic carbocycles. The van der Waals surface area contributed by atoms with Gasteiger partial charge in [-0.2, -0.15) is 0 Å². The summed E-state index contributed by atoms with van der Waals surface area (Å²) in [7, 11) is 0. The zero-order valence-electron chi connectivity index (χ0n) is 11.7. The Kier molecular flexibility index (Phi) is 3.23. The third-order valence-electron chi connectivity index (χ3n) is 5.29.